The molecule has 2 unspecified atom stereocenters. The van der Waals surface area contributed by atoms with Crippen molar-refractivity contribution in [3.63, 3.8) is 0 Å². The molecule has 1 rings (SSSR count). The molecule has 0 saturated carbocycles. The van der Waals surface area contributed by atoms with Gasteiger partial charge in [0.1, 0.15) is 0 Å². The van der Waals surface area contributed by atoms with E-state index in [1.54, 1.807) is 31.5 Å². The summed E-state index contributed by atoms with van der Waals surface area (Å²) in [6, 6.07) is 5.41. The summed E-state index contributed by atoms with van der Waals surface area (Å²) < 4.78 is 0. The van der Waals surface area contributed by atoms with Crippen molar-refractivity contribution >= 4 is 0 Å². The molecule has 3 nitrogen and oxygen atoms in total. The van der Waals surface area contributed by atoms with Crippen LogP contribution in [0.15, 0.2) is 24.5 Å². The zero-order valence-electron chi connectivity index (χ0n) is 6.81. The van der Waals surface area contributed by atoms with E-state index < -0.39 is 6.10 Å². The SMILES string of the molecule is CC(C#N)C(O)c1ccncc1. The van der Waals surface area contributed by atoms with Gasteiger partial charge in [-0.25, -0.2) is 0 Å². The lowest BCUT2D eigenvalue weighted by Crippen LogP contribution is -2.06. The lowest BCUT2D eigenvalue weighted by atomic mass is 10.00. The highest BCUT2D eigenvalue weighted by Gasteiger charge is 2.14. The molecule has 1 heterocycles. The molecule has 0 saturated heterocycles. The molecule has 0 amide bonds. The van der Waals surface area contributed by atoms with Crippen LogP contribution in [0.2, 0.25) is 0 Å². The van der Waals surface area contributed by atoms with Crippen LogP contribution in [0.4, 0.5) is 0 Å². The van der Waals surface area contributed by atoms with Crippen molar-refractivity contribution < 1.29 is 5.11 Å². The molecule has 1 aromatic rings. The van der Waals surface area contributed by atoms with Crippen LogP contribution in [0.25, 0.3) is 0 Å². The summed E-state index contributed by atoms with van der Waals surface area (Å²) in [5.74, 6) is -0.382. The van der Waals surface area contributed by atoms with E-state index in [1.165, 1.54) is 0 Å². The number of aliphatic hydroxyl groups excluding tert-OH is 1. The molecule has 12 heavy (non-hydrogen) atoms. The Bertz CT molecular complexity index is 278. The van der Waals surface area contributed by atoms with Gasteiger partial charge < -0.3 is 5.11 Å². The summed E-state index contributed by atoms with van der Waals surface area (Å²) >= 11 is 0. The summed E-state index contributed by atoms with van der Waals surface area (Å²) in [5, 5.41) is 18.1. The minimum atomic E-state index is -0.710. The molecule has 2 atom stereocenters. The summed E-state index contributed by atoms with van der Waals surface area (Å²) in [5.41, 5.74) is 0.735. The van der Waals surface area contributed by atoms with E-state index in [9.17, 15) is 5.11 Å². The fraction of sp³-hybridized carbons (Fsp3) is 0.333. The molecule has 62 valence electrons. The van der Waals surface area contributed by atoms with E-state index in [0.29, 0.717) is 0 Å². The highest BCUT2D eigenvalue weighted by atomic mass is 16.3. The number of hydrogen-bond acceptors (Lipinski definition) is 3. The van der Waals surface area contributed by atoms with Crippen molar-refractivity contribution in [1.29, 1.82) is 5.26 Å². The Morgan fingerprint density at radius 3 is 2.58 bits per heavy atom. The van der Waals surface area contributed by atoms with Crippen molar-refractivity contribution in [2.75, 3.05) is 0 Å². The van der Waals surface area contributed by atoms with Crippen molar-refractivity contribution in [1.82, 2.24) is 4.98 Å². The van der Waals surface area contributed by atoms with E-state index in [-0.39, 0.29) is 5.92 Å². The van der Waals surface area contributed by atoms with Gasteiger partial charge in [-0.1, -0.05) is 0 Å². The molecule has 0 radical (unpaired) electrons. The third kappa shape index (κ3) is 1.80. The number of pyridine rings is 1. The zero-order valence-corrected chi connectivity index (χ0v) is 6.81. The first-order valence-electron chi connectivity index (χ1n) is 3.73. The number of rotatable bonds is 2. The van der Waals surface area contributed by atoms with E-state index in [2.05, 4.69) is 4.98 Å². The topological polar surface area (TPSA) is 56.9 Å². The van der Waals surface area contributed by atoms with Crippen LogP contribution in [0.3, 0.4) is 0 Å². The van der Waals surface area contributed by atoms with E-state index in [4.69, 9.17) is 5.26 Å². The average molecular weight is 162 g/mol. The fourth-order valence-corrected chi connectivity index (χ4v) is 0.920. The van der Waals surface area contributed by atoms with E-state index in [1.807, 2.05) is 6.07 Å². The third-order valence-electron chi connectivity index (χ3n) is 1.72. The van der Waals surface area contributed by atoms with Crippen molar-refractivity contribution in [3.8, 4) is 6.07 Å². The molecule has 0 aliphatic heterocycles. The van der Waals surface area contributed by atoms with Crippen LogP contribution in [-0.4, -0.2) is 10.1 Å². The van der Waals surface area contributed by atoms with Gasteiger partial charge in [-0.05, 0) is 24.6 Å². The zero-order chi connectivity index (χ0) is 8.97. The van der Waals surface area contributed by atoms with Crippen LogP contribution in [0, 0.1) is 17.2 Å². The van der Waals surface area contributed by atoms with Gasteiger partial charge >= 0.3 is 0 Å². The number of hydrogen-bond donors (Lipinski definition) is 1. The van der Waals surface area contributed by atoms with Gasteiger partial charge in [0, 0.05) is 12.4 Å². The van der Waals surface area contributed by atoms with Crippen LogP contribution in [-0.2, 0) is 0 Å². The number of nitriles is 1. The Kier molecular flexibility index (Phi) is 2.78. The van der Waals surface area contributed by atoms with Crippen molar-refractivity contribution in [2.24, 2.45) is 5.92 Å². The van der Waals surface area contributed by atoms with Gasteiger partial charge in [0.2, 0.25) is 0 Å². The lowest BCUT2D eigenvalue weighted by Gasteiger charge is -2.11. The summed E-state index contributed by atoms with van der Waals surface area (Å²) in [6.45, 7) is 1.69. The van der Waals surface area contributed by atoms with Gasteiger partial charge in [-0.15, -0.1) is 0 Å². The smallest absolute Gasteiger partial charge is 0.0946 e. The number of aromatic nitrogens is 1. The molecular formula is C9H10N2O. The van der Waals surface area contributed by atoms with E-state index >= 15 is 0 Å². The van der Waals surface area contributed by atoms with Crippen LogP contribution in [0.1, 0.15) is 18.6 Å². The van der Waals surface area contributed by atoms with Crippen LogP contribution >= 0.6 is 0 Å². The normalized spacial score (nSPS) is 14.8. The minimum Gasteiger partial charge on any atom is -0.387 e. The largest absolute Gasteiger partial charge is 0.387 e. The maximum Gasteiger partial charge on any atom is 0.0946 e. The second kappa shape index (κ2) is 3.84. The Hall–Kier alpha value is -1.40. The number of aliphatic hydroxyl groups is 1. The standard InChI is InChI=1S/C9H10N2O/c1-7(6-10)9(12)8-2-4-11-5-3-8/h2-5,7,9,12H,1H3. The van der Waals surface area contributed by atoms with Gasteiger partial charge in [-0.2, -0.15) is 5.26 Å². The monoisotopic (exact) mass is 162 g/mol. The molecule has 0 bridgehead atoms. The first-order chi connectivity index (χ1) is 5.75. The van der Waals surface area contributed by atoms with Crippen molar-refractivity contribution in [2.45, 2.75) is 13.0 Å². The lowest BCUT2D eigenvalue weighted by molar-refractivity contribution is 0.142. The van der Waals surface area contributed by atoms with Gasteiger partial charge in [0.25, 0.3) is 0 Å². The highest BCUT2D eigenvalue weighted by molar-refractivity contribution is 5.15. The quantitative estimate of drug-likeness (QED) is 0.712. The molecule has 0 aromatic carbocycles. The molecule has 3 heteroatoms. The molecule has 1 aromatic heterocycles. The molecule has 1 N–H and O–H groups in total. The Balaban J connectivity index is 2.80. The molecule has 0 fully saturated rings. The van der Waals surface area contributed by atoms with Crippen LogP contribution in [0.5, 0.6) is 0 Å². The Morgan fingerprint density at radius 1 is 1.50 bits per heavy atom. The molecule has 0 aliphatic rings. The first-order valence-corrected chi connectivity index (χ1v) is 3.73. The van der Waals surface area contributed by atoms with E-state index in [0.717, 1.165) is 5.56 Å². The Labute approximate surface area is 71.3 Å². The molecular weight excluding hydrogens is 152 g/mol. The first kappa shape index (κ1) is 8.69. The molecule has 0 aliphatic carbocycles. The van der Waals surface area contributed by atoms with Gasteiger partial charge in [0.15, 0.2) is 0 Å². The van der Waals surface area contributed by atoms with Gasteiger partial charge in [-0.3, -0.25) is 4.98 Å². The highest BCUT2D eigenvalue weighted by Crippen LogP contribution is 2.19. The maximum atomic E-state index is 9.54. The van der Waals surface area contributed by atoms with Crippen LogP contribution < -0.4 is 0 Å². The molecule has 0 spiro atoms. The second-order valence-corrected chi connectivity index (χ2v) is 2.64. The Morgan fingerprint density at radius 2 is 2.08 bits per heavy atom. The third-order valence-corrected chi connectivity index (χ3v) is 1.72. The van der Waals surface area contributed by atoms with Crippen molar-refractivity contribution in [3.05, 3.63) is 30.1 Å². The summed E-state index contributed by atoms with van der Waals surface area (Å²) in [7, 11) is 0. The predicted molar refractivity (Wildman–Crippen MR) is 44.0 cm³/mol. The fourth-order valence-electron chi connectivity index (χ4n) is 0.920. The summed E-state index contributed by atoms with van der Waals surface area (Å²) in [6.07, 6.45) is 2.49. The number of nitrogens with zero attached hydrogens (tertiary/aromatic N) is 2. The minimum absolute atomic E-state index is 0.382. The van der Waals surface area contributed by atoms with Gasteiger partial charge in [0.05, 0.1) is 18.1 Å². The maximum absolute atomic E-state index is 9.54. The predicted octanol–water partition coefficient (Wildman–Crippen LogP) is 1.27. The second-order valence-electron chi connectivity index (χ2n) is 2.64. The average Bonchev–Trinajstić information content (AvgIpc) is 2.17. The summed E-state index contributed by atoms with van der Waals surface area (Å²) in [4.78, 5) is 3.82.